The van der Waals surface area contributed by atoms with E-state index in [0.29, 0.717) is 24.7 Å². The first kappa shape index (κ1) is 15.9. The van der Waals surface area contributed by atoms with Gasteiger partial charge in [0.2, 0.25) is 5.91 Å². The number of benzene rings is 1. The predicted octanol–water partition coefficient (Wildman–Crippen LogP) is 0.416. The summed E-state index contributed by atoms with van der Waals surface area (Å²) in [4.78, 5) is 37.2. The number of ether oxygens (including phenoxy) is 2. The molecule has 1 amide bonds. The van der Waals surface area contributed by atoms with E-state index in [1.54, 1.807) is 18.2 Å². The van der Waals surface area contributed by atoms with Gasteiger partial charge in [-0.2, -0.15) is 0 Å². The van der Waals surface area contributed by atoms with Crippen molar-refractivity contribution in [3.8, 4) is 11.5 Å². The van der Waals surface area contributed by atoms with Crippen molar-refractivity contribution in [3.05, 3.63) is 50.7 Å². The van der Waals surface area contributed by atoms with Crippen LogP contribution >= 0.6 is 0 Å². The maximum Gasteiger partial charge on any atom is 0.329 e. The molecule has 0 bridgehead atoms. The zero-order valence-corrected chi connectivity index (χ0v) is 13.1. The number of hydrogen-bond donors (Lipinski definition) is 2. The van der Waals surface area contributed by atoms with Crippen molar-refractivity contribution in [2.45, 2.75) is 12.8 Å². The van der Waals surface area contributed by atoms with E-state index in [4.69, 9.17) is 9.47 Å². The zero-order chi connectivity index (χ0) is 17.1. The third-order valence-corrected chi connectivity index (χ3v) is 3.61. The lowest BCUT2D eigenvalue weighted by Crippen LogP contribution is -2.31. The number of amides is 1. The summed E-state index contributed by atoms with van der Waals surface area (Å²) in [5.41, 5.74) is -0.413. The lowest BCUT2D eigenvalue weighted by Gasteiger charge is -2.11. The first-order chi connectivity index (χ1) is 11.5. The summed E-state index contributed by atoms with van der Waals surface area (Å²) in [7, 11) is 1.46. The average Bonchev–Trinajstić information content (AvgIpc) is 2.77. The molecule has 126 valence electrons. The molecule has 2 N–H and O–H groups in total. The number of aromatic nitrogens is 2. The number of carbonyl (C=O) groups is 1. The van der Waals surface area contributed by atoms with Gasteiger partial charge in [0.15, 0.2) is 11.5 Å². The summed E-state index contributed by atoms with van der Waals surface area (Å²) < 4.78 is 12.3. The van der Waals surface area contributed by atoms with Crippen molar-refractivity contribution >= 4 is 11.7 Å². The molecule has 0 spiro atoms. The van der Waals surface area contributed by atoms with Gasteiger partial charge in [-0.1, -0.05) is 6.07 Å². The Morgan fingerprint density at radius 1 is 1.21 bits per heavy atom. The lowest BCUT2D eigenvalue weighted by atomic mass is 10.1. The second kappa shape index (κ2) is 6.61. The molecule has 0 fully saturated rings. The third kappa shape index (κ3) is 3.48. The Morgan fingerprint density at radius 2 is 1.96 bits per heavy atom. The van der Waals surface area contributed by atoms with Crippen molar-refractivity contribution < 1.29 is 14.3 Å². The van der Waals surface area contributed by atoms with Crippen LogP contribution in [0.1, 0.15) is 12.0 Å². The number of aromatic amines is 1. The second-order valence-corrected chi connectivity index (χ2v) is 5.44. The Labute approximate surface area is 137 Å². The van der Waals surface area contributed by atoms with E-state index in [9.17, 15) is 14.4 Å². The van der Waals surface area contributed by atoms with E-state index in [0.717, 1.165) is 22.6 Å². The summed E-state index contributed by atoms with van der Waals surface area (Å²) >= 11 is 0. The molecule has 0 radical (unpaired) electrons. The number of fused-ring (bicyclic) bond motifs is 1. The molecule has 0 aliphatic carbocycles. The predicted molar refractivity (Wildman–Crippen MR) is 86.7 cm³/mol. The van der Waals surface area contributed by atoms with Gasteiger partial charge in [-0.15, -0.1) is 0 Å². The van der Waals surface area contributed by atoms with E-state index in [-0.39, 0.29) is 18.1 Å². The van der Waals surface area contributed by atoms with Crippen LogP contribution in [0.5, 0.6) is 11.5 Å². The highest BCUT2D eigenvalue weighted by Gasteiger charge is 2.13. The maximum atomic E-state index is 12.2. The minimum absolute atomic E-state index is 0.0810. The van der Waals surface area contributed by atoms with Gasteiger partial charge in [0.25, 0.3) is 5.56 Å². The maximum absolute atomic E-state index is 12.2. The van der Waals surface area contributed by atoms with Gasteiger partial charge in [0, 0.05) is 19.5 Å². The number of carbonyl (C=O) groups excluding carboxylic acids is 1. The minimum atomic E-state index is -0.589. The SMILES string of the molecule is Cn1c(NC(=O)Cc2ccc3c(c2)OCCCO3)cc(=O)[nH]c1=O. The summed E-state index contributed by atoms with van der Waals surface area (Å²) in [6.07, 6.45) is 0.888. The first-order valence-corrected chi connectivity index (χ1v) is 7.51. The monoisotopic (exact) mass is 331 g/mol. The van der Waals surface area contributed by atoms with Gasteiger partial charge in [-0.3, -0.25) is 19.1 Å². The van der Waals surface area contributed by atoms with E-state index < -0.39 is 11.2 Å². The highest BCUT2D eigenvalue weighted by atomic mass is 16.5. The molecule has 1 aromatic heterocycles. The van der Waals surface area contributed by atoms with Crippen LogP contribution in [0.25, 0.3) is 0 Å². The summed E-state index contributed by atoms with van der Waals surface area (Å²) in [6, 6.07) is 6.47. The number of anilines is 1. The molecule has 1 aliphatic heterocycles. The number of nitrogens with one attached hydrogen (secondary N) is 2. The average molecular weight is 331 g/mol. The molecule has 24 heavy (non-hydrogen) atoms. The van der Waals surface area contributed by atoms with Crippen molar-refractivity contribution in [2.75, 3.05) is 18.5 Å². The molecule has 0 saturated carbocycles. The fraction of sp³-hybridized carbons (Fsp3) is 0.312. The molecule has 2 aromatic rings. The molecule has 8 heteroatoms. The van der Waals surface area contributed by atoms with E-state index in [1.165, 1.54) is 7.05 Å². The zero-order valence-electron chi connectivity index (χ0n) is 13.1. The van der Waals surface area contributed by atoms with Crippen LogP contribution < -0.4 is 26.0 Å². The molecular weight excluding hydrogens is 314 g/mol. The number of H-pyrrole nitrogens is 1. The summed E-state index contributed by atoms with van der Waals surface area (Å²) in [5, 5.41) is 2.56. The molecule has 1 aromatic carbocycles. The fourth-order valence-electron chi connectivity index (χ4n) is 2.37. The Morgan fingerprint density at radius 3 is 2.75 bits per heavy atom. The van der Waals surface area contributed by atoms with Crippen LogP contribution in [0, 0.1) is 0 Å². The first-order valence-electron chi connectivity index (χ1n) is 7.51. The quantitative estimate of drug-likeness (QED) is 0.848. The third-order valence-electron chi connectivity index (χ3n) is 3.61. The number of rotatable bonds is 3. The van der Waals surface area contributed by atoms with Crippen LogP contribution in [0.2, 0.25) is 0 Å². The van der Waals surface area contributed by atoms with Crippen LogP contribution in [-0.4, -0.2) is 28.7 Å². The standard InChI is InChI=1S/C16H17N3O5/c1-19-13(9-15(21)18-16(19)22)17-14(20)8-10-3-4-11-12(7-10)24-6-2-5-23-11/h3-4,7,9H,2,5-6,8H2,1H3,(H,17,20)(H,18,21,22). The highest BCUT2D eigenvalue weighted by molar-refractivity contribution is 5.91. The summed E-state index contributed by atoms with van der Waals surface area (Å²) in [5.74, 6) is 1.07. The molecule has 0 unspecified atom stereocenters. The largest absolute Gasteiger partial charge is 0.490 e. The normalized spacial score (nSPS) is 13.2. The van der Waals surface area contributed by atoms with Gasteiger partial charge >= 0.3 is 5.69 Å². The van der Waals surface area contributed by atoms with E-state index in [2.05, 4.69) is 10.3 Å². The van der Waals surface area contributed by atoms with Crippen molar-refractivity contribution in [1.82, 2.24) is 9.55 Å². The Hall–Kier alpha value is -3.03. The number of nitrogens with zero attached hydrogens (tertiary/aromatic N) is 1. The van der Waals surface area contributed by atoms with E-state index >= 15 is 0 Å². The van der Waals surface area contributed by atoms with Crippen molar-refractivity contribution in [1.29, 1.82) is 0 Å². The van der Waals surface area contributed by atoms with E-state index in [1.807, 2.05) is 0 Å². The topological polar surface area (TPSA) is 102 Å². The van der Waals surface area contributed by atoms with Gasteiger partial charge in [-0.25, -0.2) is 4.79 Å². The molecule has 0 saturated heterocycles. The molecular formula is C16H17N3O5. The highest BCUT2D eigenvalue weighted by Crippen LogP contribution is 2.30. The fourth-order valence-corrected chi connectivity index (χ4v) is 2.37. The Kier molecular flexibility index (Phi) is 4.37. The van der Waals surface area contributed by atoms with Gasteiger partial charge in [0.1, 0.15) is 5.82 Å². The molecule has 2 heterocycles. The van der Waals surface area contributed by atoms with Gasteiger partial charge in [-0.05, 0) is 17.7 Å². The van der Waals surface area contributed by atoms with Gasteiger partial charge < -0.3 is 14.8 Å². The molecule has 0 atom stereocenters. The molecule has 8 nitrogen and oxygen atoms in total. The van der Waals surface area contributed by atoms with Crippen LogP contribution in [0.15, 0.2) is 33.9 Å². The van der Waals surface area contributed by atoms with Crippen LogP contribution in [0.4, 0.5) is 5.82 Å². The van der Waals surface area contributed by atoms with Crippen molar-refractivity contribution in [3.63, 3.8) is 0 Å². The van der Waals surface area contributed by atoms with Crippen LogP contribution in [-0.2, 0) is 18.3 Å². The minimum Gasteiger partial charge on any atom is -0.490 e. The smallest absolute Gasteiger partial charge is 0.329 e. The van der Waals surface area contributed by atoms with Crippen molar-refractivity contribution in [2.24, 2.45) is 7.05 Å². The Balaban J connectivity index is 1.75. The second-order valence-electron chi connectivity index (χ2n) is 5.44. The van der Waals surface area contributed by atoms with Crippen LogP contribution in [0.3, 0.4) is 0 Å². The molecule has 1 aliphatic rings. The van der Waals surface area contributed by atoms with Gasteiger partial charge in [0.05, 0.1) is 19.6 Å². The summed E-state index contributed by atoms with van der Waals surface area (Å²) in [6.45, 7) is 1.17. The number of hydrogen-bond acceptors (Lipinski definition) is 5. The lowest BCUT2D eigenvalue weighted by molar-refractivity contribution is -0.115. The molecule has 3 rings (SSSR count). The Bertz CT molecular complexity index is 884.